The van der Waals surface area contributed by atoms with E-state index in [1.54, 1.807) is 27.8 Å². The number of morpholine rings is 1. The van der Waals surface area contributed by atoms with Gasteiger partial charge in [-0.1, -0.05) is 17.3 Å². The third-order valence-corrected chi connectivity index (χ3v) is 5.15. The first-order valence-electron chi connectivity index (χ1n) is 9.58. The third-order valence-electron chi connectivity index (χ3n) is 5.15. The van der Waals surface area contributed by atoms with Crippen molar-refractivity contribution in [1.82, 2.24) is 30.1 Å². The molecule has 2 aliphatic heterocycles. The van der Waals surface area contributed by atoms with Gasteiger partial charge in [-0.2, -0.15) is 0 Å². The van der Waals surface area contributed by atoms with Crippen LogP contribution in [0.15, 0.2) is 30.5 Å². The molecule has 0 bridgehead atoms. The molecule has 0 saturated carbocycles. The van der Waals surface area contributed by atoms with E-state index in [-0.39, 0.29) is 18.0 Å². The van der Waals surface area contributed by atoms with Crippen molar-refractivity contribution in [3.05, 3.63) is 41.7 Å². The van der Waals surface area contributed by atoms with E-state index in [0.717, 1.165) is 11.3 Å². The van der Waals surface area contributed by atoms with E-state index >= 15 is 0 Å². The van der Waals surface area contributed by atoms with E-state index < -0.39 is 0 Å². The van der Waals surface area contributed by atoms with Crippen LogP contribution in [0.25, 0.3) is 0 Å². The largest absolute Gasteiger partial charge is 0.497 e. The standard InChI is InChI=1S/C19H24N6O4/c1-28-16-4-2-14(3-5-16)10-20-19(27)24-11-15(12-24)25-13-17(21-22-25)18(26)23-6-8-29-9-7-23/h2-5,13,15H,6-12H2,1H3,(H,20,27). The van der Waals surface area contributed by atoms with Gasteiger partial charge in [0.25, 0.3) is 5.91 Å². The summed E-state index contributed by atoms with van der Waals surface area (Å²) in [6.45, 7) is 3.73. The van der Waals surface area contributed by atoms with Crippen LogP contribution in [0, 0.1) is 0 Å². The molecule has 2 fully saturated rings. The van der Waals surface area contributed by atoms with Gasteiger partial charge in [-0.25, -0.2) is 9.48 Å². The molecule has 0 unspecified atom stereocenters. The van der Waals surface area contributed by atoms with E-state index in [1.807, 2.05) is 24.3 Å². The number of aromatic nitrogens is 3. The number of rotatable bonds is 5. The molecule has 1 aromatic heterocycles. The number of methoxy groups -OCH3 is 1. The van der Waals surface area contributed by atoms with E-state index in [1.165, 1.54) is 0 Å². The molecule has 0 aliphatic carbocycles. The molecular formula is C19H24N6O4. The fourth-order valence-corrected chi connectivity index (χ4v) is 3.30. The Morgan fingerprint density at radius 3 is 2.59 bits per heavy atom. The number of hydrogen-bond donors (Lipinski definition) is 1. The van der Waals surface area contributed by atoms with Crippen LogP contribution >= 0.6 is 0 Å². The SMILES string of the molecule is COc1ccc(CNC(=O)N2CC(n3cc(C(=O)N4CCOCC4)nn3)C2)cc1. The first kappa shape index (κ1) is 19.2. The second-order valence-corrected chi connectivity index (χ2v) is 7.05. The second kappa shape index (κ2) is 8.48. The van der Waals surface area contributed by atoms with Gasteiger partial charge in [0.05, 0.1) is 32.6 Å². The number of nitrogens with one attached hydrogen (secondary N) is 1. The zero-order valence-electron chi connectivity index (χ0n) is 16.3. The van der Waals surface area contributed by atoms with Gasteiger partial charge in [-0.3, -0.25) is 4.79 Å². The highest BCUT2D eigenvalue weighted by Gasteiger charge is 2.33. The van der Waals surface area contributed by atoms with Crippen molar-refractivity contribution in [3.63, 3.8) is 0 Å². The second-order valence-electron chi connectivity index (χ2n) is 7.05. The van der Waals surface area contributed by atoms with Crippen LogP contribution in [-0.2, 0) is 11.3 Å². The van der Waals surface area contributed by atoms with Crippen molar-refractivity contribution in [2.24, 2.45) is 0 Å². The Hall–Kier alpha value is -3.14. The highest BCUT2D eigenvalue weighted by molar-refractivity contribution is 5.92. The average molecular weight is 400 g/mol. The molecule has 10 nitrogen and oxygen atoms in total. The molecule has 29 heavy (non-hydrogen) atoms. The summed E-state index contributed by atoms with van der Waals surface area (Å²) >= 11 is 0. The number of amides is 3. The van der Waals surface area contributed by atoms with Crippen LogP contribution in [-0.4, -0.2) is 83.2 Å². The number of benzene rings is 1. The van der Waals surface area contributed by atoms with Crippen molar-refractivity contribution in [2.75, 3.05) is 46.5 Å². The Kier molecular flexibility index (Phi) is 5.61. The van der Waals surface area contributed by atoms with Crippen molar-refractivity contribution >= 4 is 11.9 Å². The van der Waals surface area contributed by atoms with Gasteiger partial charge >= 0.3 is 6.03 Å². The summed E-state index contributed by atoms with van der Waals surface area (Å²) in [5.74, 6) is 0.651. The molecule has 1 aromatic carbocycles. The number of likely N-dealkylation sites (tertiary alicyclic amines) is 1. The smallest absolute Gasteiger partial charge is 0.317 e. The lowest BCUT2D eigenvalue weighted by molar-refractivity contribution is 0.0299. The van der Waals surface area contributed by atoms with Crippen LogP contribution in [0.2, 0.25) is 0 Å². The highest BCUT2D eigenvalue weighted by atomic mass is 16.5. The molecule has 4 rings (SSSR count). The monoisotopic (exact) mass is 400 g/mol. The molecule has 0 atom stereocenters. The van der Waals surface area contributed by atoms with Gasteiger partial charge < -0.3 is 24.6 Å². The lowest BCUT2D eigenvalue weighted by atomic mass is 10.1. The Balaban J connectivity index is 1.24. The summed E-state index contributed by atoms with van der Waals surface area (Å²) in [6, 6.07) is 7.46. The topological polar surface area (TPSA) is 102 Å². The van der Waals surface area contributed by atoms with Gasteiger partial charge in [0.1, 0.15) is 5.75 Å². The highest BCUT2D eigenvalue weighted by Crippen LogP contribution is 2.21. The Labute approximate surface area is 168 Å². The first-order valence-corrected chi connectivity index (χ1v) is 9.58. The summed E-state index contributed by atoms with van der Waals surface area (Å²) in [7, 11) is 1.62. The van der Waals surface area contributed by atoms with E-state index in [9.17, 15) is 9.59 Å². The summed E-state index contributed by atoms with van der Waals surface area (Å²) in [4.78, 5) is 28.2. The Morgan fingerprint density at radius 2 is 1.90 bits per heavy atom. The quantitative estimate of drug-likeness (QED) is 0.785. The van der Waals surface area contributed by atoms with Crippen molar-refractivity contribution in [2.45, 2.75) is 12.6 Å². The number of ether oxygens (including phenoxy) is 2. The van der Waals surface area contributed by atoms with Crippen LogP contribution in [0.3, 0.4) is 0 Å². The molecule has 154 valence electrons. The van der Waals surface area contributed by atoms with Gasteiger partial charge in [0.2, 0.25) is 0 Å². The summed E-state index contributed by atoms with van der Waals surface area (Å²) in [6.07, 6.45) is 1.66. The van der Waals surface area contributed by atoms with Crippen molar-refractivity contribution in [1.29, 1.82) is 0 Å². The molecular weight excluding hydrogens is 376 g/mol. The minimum atomic E-state index is -0.132. The molecule has 1 N–H and O–H groups in total. The zero-order chi connectivity index (χ0) is 20.2. The van der Waals surface area contributed by atoms with Gasteiger partial charge in [-0.15, -0.1) is 5.10 Å². The van der Waals surface area contributed by atoms with Crippen LogP contribution in [0.5, 0.6) is 5.75 Å². The molecule has 3 heterocycles. The number of hydrogen-bond acceptors (Lipinski definition) is 6. The van der Waals surface area contributed by atoms with Gasteiger partial charge in [0, 0.05) is 32.7 Å². The maximum atomic E-state index is 12.4. The molecule has 10 heteroatoms. The van der Waals surface area contributed by atoms with E-state index in [0.29, 0.717) is 51.6 Å². The Bertz CT molecular complexity index is 856. The molecule has 2 aromatic rings. The lowest BCUT2D eigenvalue weighted by Crippen LogP contribution is -2.54. The van der Waals surface area contributed by atoms with Crippen molar-refractivity contribution in [3.8, 4) is 5.75 Å². The predicted molar refractivity (Wildman–Crippen MR) is 103 cm³/mol. The zero-order valence-corrected chi connectivity index (χ0v) is 16.3. The average Bonchev–Trinajstić information content (AvgIpc) is 3.21. The van der Waals surface area contributed by atoms with Gasteiger partial charge in [0.15, 0.2) is 5.69 Å². The number of carbonyl (C=O) groups excluding carboxylic acids is 2. The number of nitrogens with zero attached hydrogens (tertiary/aromatic N) is 5. The molecule has 0 spiro atoms. The van der Waals surface area contributed by atoms with Crippen LogP contribution in [0.4, 0.5) is 4.79 Å². The third kappa shape index (κ3) is 4.32. The molecule has 0 radical (unpaired) electrons. The number of carbonyl (C=O) groups is 2. The fraction of sp³-hybridized carbons (Fsp3) is 0.474. The molecule has 3 amide bonds. The van der Waals surface area contributed by atoms with Crippen LogP contribution in [0.1, 0.15) is 22.1 Å². The fourth-order valence-electron chi connectivity index (χ4n) is 3.30. The minimum absolute atomic E-state index is 0.0282. The van der Waals surface area contributed by atoms with Crippen LogP contribution < -0.4 is 10.1 Å². The summed E-state index contributed by atoms with van der Waals surface area (Å²) in [5.41, 5.74) is 1.33. The predicted octanol–water partition coefficient (Wildman–Crippen LogP) is 0.526. The maximum Gasteiger partial charge on any atom is 0.317 e. The molecule has 2 aliphatic rings. The Morgan fingerprint density at radius 1 is 1.17 bits per heavy atom. The van der Waals surface area contributed by atoms with Crippen molar-refractivity contribution < 1.29 is 19.1 Å². The first-order chi connectivity index (χ1) is 14.1. The summed E-state index contributed by atoms with van der Waals surface area (Å²) in [5, 5.41) is 11.0. The minimum Gasteiger partial charge on any atom is -0.497 e. The summed E-state index contributed by atoms with van der Waals surface area (Å²) < 4.78 is 12.1. The van der Waals surface area contributed by atoms with E-state index in [4.69, 9.17) is 9.47 Å². The molecule has 2 saturated heterocycles. The van der Waals surface area contributed by atoms with E-state index in [2.05, 4.69) is 15.6 Å². The lowest BCUT2D eigenvalue weighted by Gasteiger charge is -2.38. The number of urea groups is 1. The maximum absolute atomic E-state index is 12.4. The van der Waals surface area contributed by atoms with Gasteiger partial charge in [-0.05, 0) is 17.7 Å². The normalized spacial score (nSPS) is 17.0.